The minimum Gasteiger partial charge on any atom is -0.465 e. The molecule has 0 saturated carbocycles. The summed E-state index contributed by atoms with van der Waals surface area (Å²) in [5.74, 6) is -0.327. The van der Waals surface area contributed by atoms with Crippen LogP contribution in [0.25, 0.3) is 32.9 Å². The topological polar surface area (TPSA) is 55.0 Å². The normalized spacial score (nSPS) is 11.1. The number of aryl methyl sites for hydroxylation is 1. The lowest BCUT2D eigenvalue weighted by atomic mass is 10.0. The summed E-state index contributed by atoms with van der Waals surface area (Å²) in [6.45, 7) is 2.00. The number of nitrogens with one attached hydrogen (secondary N) is 1. The van der Waals surface area contributed by atoms with E-state index in [1.807, 2.05) is 37.4 Å². The van der Waals surface area contributed by atoms with Crippen molar-refractivity contribution in [2.45, 2.75) is 6.92 Å². The average Bonchev–Trinajstić information content (AvgIpc) is 3.00. The Morgan fingerprint density at radius 3 is 2.71 bits per heavy atom. The molecule has 24 heavy (non-hydrogen) atoms. The van der Waals surface area contributed by atoms with E-state index in [1.165, 1.54) is 7.11 Å². The zero-order valence-electron chi connectivity index (χ0n) is 13.5. The van der Waals surface area contributed by atoms with E-state index < -0.39 is 0 Å². The lowest BCUT2D eigenvalue weighted by molar-refractivity contribution is 0.0601. The van der Waals surface area contributed by atoms with E-state index >= 15 is 0 Å². The number of ether oxygens (including phenoxy) is 1. The van der Waals surface area contributed by atoms with E-state index in [-0.39, 0.29) is 5.97 Å². The lowest BCUT2D eigenvalue weighted by Crippen LogP contribution is -2.00. The van der Waals surface area contributed by atoms with Crippen LogP contribution in [0.2, 0.25) is 0 Å². The molecule has 0 unspecified atom stereocenters. The molecule has 0 aliphatic rings. The molecule has 4 aromatic rings. The molecule has 2 heterocycles. The van der Waals surface area contributed by atoms with E-state index in [0.717, 1.165) is 38.6 Å². The van der Waals surface area contributed by atoms with Crippen LogP contribution in [-0.2, 0) is 4.74 Å². The van der Waals surface area contributed by atoms with Crippen LogP contribution in [0.5, 0.6) is 0 Å². The van der Waals surface area contributed by atoms with Gasteiger partial charge < -0.3 is 9.72 Å². The third kappa shape index (κ3) is 2.24. The molecule has 4 nitrogen and oxygen atoms in total. The molecule has 0 aliphatic carbocycles. The lowest BCUT2D eigenvalue weighted by Gasteiger charge is -2.05. The summed E-state index contributed by atoms with van der Waals surface area (Å²) in [4.78, 5) is 19.5. The highest BCUT2D eigenvalue weighted by molar-refractivity contribution is 6.09. The predicted molar refractivity (Wildman–Crippen MR) is 95.1 cm³/mol. The SMILES string of the molecule is COC(=O)c1cccc(-c2ccc3[nH]c4c(C)nccc4c3c2)c1. The van der Waals surface area contributed by atoms with Gasteiger partial charge in [0.2, 0.25) is 0 Å². The van der Waals surface area contributed by atoms with Crippen molar-refractivity contribution in [3.8, 4) is 11.1 Å². The van der Waals surface area contributed by atoms with Crippen molar-refractivity contribution >= 4 is 27.8 Å². The molecule has 0 bridgehead atoms. The number of nitrogens with zero attached hydrogens (tertiary/aromatic N) is 1. The highest BCUT2D eigenvalue weighted by Gasteiger charge is 2.10. The second-order valence-electron chi connectivity index (χ2n) is 5.78. The molecule has 2 aromatic carbocycles. The molecule has 0 atom stereocenters. The van der Waals surface area contributed by atoms with Gasteiger partial charge in [0.15, 0.2) is 0 Å². The first-order valence-corrected chi connectivity index (χ1v) is 7.73. The van der Waals surface area contributed by atoms with Crippen LogP contribution in [0.15, 0.2) is 54.7 Å². The summed E-state index contributed by atoms with van der Waals surface area (Å²) in [7, 11) is 1.39. The Kier molecular flexibility index (Phi) is 3.31. The predicted octanol–water partition coefficient (Wildman–Crippen LogP) is 4.48. The van der Waals surface area contributed by atoms with Crippen molar-refractivity contribution < 1.29 is 9.53 Å². The number of fused-ring (bicyclic) bond motifs is 3. The first-order valence-electron chi connectivity index (χ1n) is 7.73. The number of aromatic amines is 1. The van der Waals surface area contributed by atoms with Crippen LogP contribution in [0.4, 0.5) is 0 Å². The second-order valence-corrected chi connectivity index (χ2v) is 5.78. The number of aromatic nitrogens is 2. The number of hydrogen-bond acceptors (Lipinski definition) is 3. The Morgan fingerprint density at radius 2 is 1.88 bits per heavy atom. The number of methoxy groups -OCH3 is 1. The molecule has 0 fully saturated rings. The maximum absolute atomic E-state index is 11.7. The summed E-state index contributed by atoms with van der Waals surface area (Å²) >= 11 is 0. The summed E-state index contributed by atoms with van der Waals surface area (Å²) in [5.41, 5.74) is 5.72. The Labute approximate surface area is 139 Å². The van der Waals surface area contributed by atoms with Gasteiger partial charge in [-0.15, -0.1) is 0 Å². The number of esters is 1. The average molecular weight is 316 g/mol. The molecule has 1 N–H and O–H groups in total. The third-order valence-corrected chi connectivity index (χ3v) is 4.33. The summed E-state index contributed by atoms with van der Waals surface area (Å²) in [6.07, 6.45) is 1.83. The Balaban J connectivity index is 1.90. The van der Waals surface area contributed by atoms with Crippen molar-refractivity contribution in [2.75, 3.05) is 7.11 Å². The fourth-order valence-electron chi connectivity index (χ4n) is 3.08. The number of benzene rings is 2. The van der Waals surface area contributed by atoms with Gasteiger partial charge in [-0.25, -0.2) is 4.79 Å². The Hall–Kier alpha value is -3.14. The van der Waals surface area contributed by atoms with E-state index in [9.17, 15) is 4.79 Å². The van der Waals surface area contributed by atoms with E-state index in [1.54, 1.807) is 6.07 Å². The zero-order chi connectivity index (χ0) is 16.7. The van der Waals surface area contributed by atoms with E-state index in [2.05, 4.69) is 28.2 Å². The fraction of sp³-hybridized carbons (Fsp3) is 0.100. The van der Waals surface area contributed by atoms with Crippen molar-refractivity contribution in [1.29, 1.82) is 0 Å². The number of rotatable bonds is 2. The van der Waals surface area contributed by atoms with Crippen molar-refractivity contribution in [3.63, 3.8) is 0 Å². The van der Waals surface area contributed by atoms with Gasteiger partial charge in [0.1, 0.15) is 0 Å². The molecule has 0 aliphatic heterocycles. The van der Waals surface area contributed by atoms with Crippen LogP contribution >= 0.6 is 0 Å². The molecule has 4 rings (SSSR count). The minimum atomic E-state index is -0.327. The van der Waals surface area contributed by atoms with Crippen molar-refractivity contribution in [2.24, 2.45) is 0 Å². The summed E-state index contributed by atoms with van der Waals surface area (Å²) in [6, 6.07) is 15.8. The highest BCUT2D eigenvalue weighted by Crippen LogP contribution is 2.31. The van der Waals surface area contributed by atoms with Crippen molar-refractivity contribution in [1.82, 2.24) is 9.97 Å². The Morgan fingerprint density at radius 1 is 1.04 bits per heavy atom. The molecular weight excluding hydrogens is 300 g/mol. The molecule has 2 aromatic heterocycles. The van der Waals surface area contributed by atoms with Crippen LogP contribution in [0.3, 0.4) is 0 Å². The number of carbonyl (C=O) groups is 1. The summed E-state index contributed by atoms with van der Waals surface area (Å²) < 4.78 is 4.80. The van der Waals surface area contributed by atoms with Gasteiger partial charge in [0.05, 0.1) is 23.9 Å². The van der Waals surface area contributed by atoms with Crippen LogP contribution < -0.4 is 0 Å². The van der Waals surface area contributed by atoms with Crippen molar-refractivity contribution in [3.05, 3.63) is 66.0 Å². The van der Waals surface area contributed by atoms with E-state index in [4.69, 9.17) is 4.74 Å². The molecule has 0 saturated heterocycles. The maximum atomic E-state index is 11.7. The molecule has 4 heteroatoms. The second kappa shape index (κ2) is 5.49. The van der Waals surface area contributed by atoms with Crippen LogP contribution in [0.1, 0.15) is 16.1 Å². The van der Waals surface area contributed by atoms with Crippen LogP contribution in [0, 0.1) is 6.92 Å². The summed E-state index contributed by atoms with van der Waals surface area (Å²) in [5, 5.41) is 2.31. The first kappa shape index (κ1) is 14.5. The molecule has 118 valence electrons. The fourth-order valence-corrected chi connectivity index (χ4v) is 3.08. The number of H-pyrrole nitrogens is 1. The molecule has 0 radical (unpaired) electrons. The van der Waals surface area contributed by atoms with Gasteiger partial charge >= 0.3 is 5.97 Å². The number of carbonyl (C=O) groups excluding carboxylic acids is 1. The smallest absolute Gasteiger partial charge is 0.337 e. The zero-order valence-corrected chi connectivity index (χ0v) is 13.5. The maximum Gasteiger partial charge on any atom is 0.337 e. The first-order chi connectivity index (χ1) is 11.7. The van der Waals surface area contributed by atoms with Gasteiger partial charge in [-0.2, -0.15) is 0 Å². The molecule has 0 spiro atoms. The van der Waals surface area contributed by atoms with Gasteiger partial charge in [-0.3, -0.25) is 4.98 Å². The quantitative estimate of drug-likeness (QED) is 0.555. The minimum absolute atomic E-state index is 0.327. The third-order valence-electron chi connectivity index (χ3n) is 4.33. The Bertz CT molecular complexity index is 1080. The van der Waals surface area contributed by atoms with Gasteiger partial charge in [-0.05, 0) is 48.4 Å². The number of hydrogen-bond donors (Lipinski definition) is 1. The van der Waals surface area contributed by atoms with E-state index in [0.29, 0.717) is 5.56 Å². The van der Waals surface area contributed by atoms with Gasteiger partial charge in [0.25, 0.3) is 0 Å². The molecular formula is C20H16N2O2. The highest BCUT2D eigenvalue weighted by atomic mass is 16.5. The van der Waals surface area contributed by atoms with Gasteiger partial charge in [-0.1, -0.05) is 18.2 Å². The number of pyridine rings is 1. The van der Waals surface area contributed by atoms with Gasteiger partial charge in [0, 0.05) is 22.5 Å². The van der Waals surface area contributed by atoms with Crippen LogP contribution in [-0.4, -0.2) is 23.0 Å². The molecule has 0 amide bonds. The largest absolute Gasteiger partial charge is 0.465 e. The standard InChI is InChI=1S/C20H16N2O2/c1-12-19-16(8-9-21-12)17-11-14(6-7-18(17)22-19)13-4-3-5-15(10-13)20(23)24-2/h3-11,22H,1-2H3. The monoisotopic (exact) mass is 316 g/mol.